The molecule has 1 fully saturated rings. The van der Waals surface area contributed by atoms with E-state index in [0.717, 1.165) is 0 Å². The first kappa shape index (κ1) is 10.5. The molecule has 1 amide bonds. The van der Waals surface area contributed by atoms with E-state index in [1.807, 2.05) is 0 Å². The minimum absolute atomic E-state index is 0.0938. The molecule has 1 unspecified atom stereocenters. The fourth-order valence-corrected chi connectivity index (χ4v) is 1.00. The van der Waals surface area contributed by atoms with Gasteiger partial charge >= 0.3 is 12.1 Å². The zero-order valence-corrected chi connectivity index (χ0v) is 8.23. The van der Waals surface area contributed by atoms with Crippen molar-refractivity contribution in [2.75, 3.05) is 14.1 Å². The second-order valence-electron chi connectivity index (χ2n) is 3.16. The molecule has 1 rings (SSSR count). The molecular formula is C8H12N2O4. The quantitative estimate of drug-likeness (QED) is 0.504. The van der Waals surface area contributed by atoms with Gasteiger partial charge in [0, 0.05) is 6.04 Å². The van der Waals surface area contributed by atoms with Gasteiger partial charge in [-0.3, -0.25) is 4.79 Å². The smallest absolute Gasteiger partial charge is 0.366 e. The van der Waals surface area contributed by atoms with Crippen LogP contribution in [0.3, 0.4) is 0 Å². The Morgan fingerprint density at radius 1 is 1.43 bits per heavy atom. The number of cyclic esters (lactones) is 2. The highest BCUT2D eigenvalue weighted by atomic mass is 16.9. The van der Waals surface area contributed by atoms with E-state index in [-0.39, 0.29) is 17.6 Å². The van der Waals surface area contributed by atoms with Crippen LogP contribution in [0.5, 0.6) is 0 Å². The first-order valence-electron chi connectivity index (χ1n) is 4.03. The highest BCUT2D eigenvalue weighted by Gasteiger charge is 2.34. The molecule has 0 bridgehead atoms. The summed E-state index contributed by atoms with van der Waals surface area (Å²) in [5, 5.41) is 0. The molecular weight excluding hydrogens is 188 g/mol. The molecule has 0 aromatic rings. The van der Waals surface area contributed by atoms with Crippen LogP contribution in [-0.4, -0.2) is 37.1 Å². The minimum atomic E-state index is -0.815. The maximum Gasteiger partial charge on any atom is 0.524 e. The van der Waals surface area contributed by atoms with Gasteiger partial charge in [0.05, 0.1) is 0 Å². The minimum Gasteiger partial charge on any atom is -0.366 e. The number of hydrogen-bond donors (Lipinski definition) is 1. The number of likely N-dealkylation sites (N-methyl/N-ethyl adjacent to an activating group) is 1. The lowest BCUT2D eigenvalue weighted by Crippen LogP contribution is -2.37. The Bertz CT molecular complexity index is 298. The van der Waals surface area contributed by atoms with Crippen LogP contribution in [0, 0.1) is 0 Å². The lowest BCUT2D eigenvalue weighted by atomic mass is 10.1. The number of hydrogen-bond acceptors (Lipinski definition) is 5. The predicted molar refractivity (Wildman–Crippen MR) is 46.9 cm³/mol. The number of carbonyl (C=O) groups excluding carboxylic acids is 2. The zero-order valence-electron chi connectivity index (χ0n) is 8.23. The van der Waals surface area contributed by atoms with Gasteiger partial charge in [-0.05, 0) is 21.0 Å². The average molecular weight is 200 g/mol. The second kappa shape index (κ2) is 3.67. The third kappa shape index (κ3) is 1.85. The molecule has 6 heteroatoms. The van der Waals surface area contributed by atoms with Crippen LogP contribution in [0.2, 0.25) is 0 Å². The summed E-state index contributed by atoms with van der Waals surface area (Å²) in [6, 6.07) is -0.268. The summed E-state index contributed by atoms with van der Waals surface area (Å²) >= 11 is 0. The van der Waals surface area contributed by atoms with Crippen molar-refractivity contribution in [1.29, 1.82) is 0 Å². The van der Waals surface area contributed by atoms with Crippen LogP contribution in [-0.2, 0) is 14.3 Å². The Morgan fingerprint density at radius 2 is 1.93 bits per heavy atom. The van der Waals surface area contributed by atoms with Gasteiger partial charge in [-0.25, -0.2) is 4.79 Å². The van der Waals surface area contributed by atoms with Crippen LogP contribution < -0.4 is 5.73 Å². The van der Waals surface area contributed by atoms with Gasteiger partial charge in [-0.2, -0.15) is 0 Å². The lowest BCUT2D eigenvalue weighted by molar-refractivity contribution is -0.116. The molecule has 1 saturated heterocycles. The van der Waals surface area contributed by atoms with Crippen LogP contribution in [0.1, 0.15) is 6.92 Å². The number of primary amides is 1. The monoisotopic (exact) mass is 200 g/mol. The lowest BCUT2D eigenvalue weighted by Gasteiger charge is -2.25. The van der Waals surface area contributed by atoms with Crippen molar-refractivity contribution >= 4 is 12.1 Å². The maximum absolute atomic E-state index is 11.1. The number of ether oxygens (including phenoxy) is 2. The summed E-state index contributed by atoms with van der Waals surface area (Å²) in [6.45, 7) is 1.75. The summed E-state index contributed by atoms with van der Waals surface area (Å²) in [6.07, 6.45) is -0.815. The van der Waals surface area contributed by atoms with E-state index < -0.39 is 12.1 Å². The van der Waals surface area contributed by atoms with Crippen molar-refractivity contribution < 1.29 is 19.1 Å². The van der Waals surface area contributed by atoms with Gasteiger partial charge in [0.2, 0.25) is 0 Å². The fraction of sp³-hybridized carbons (Fsp3) is 0.500. The third-order valence-electron chi connectivity index (χ3n) is 2.03. The van der Waals surface area contributed by atoms with Crippen molar-refractivity contribution in [3.8, 4) is 0 Å². The van der Waals surface area contributed by atoms with Crippen molar-refractivity contribution in [1.82, 2.24) is 4.90 Å². The van der Waals surface area contributed by atoms with E-state index in [0.29, 0.717) is 0 Å². The molecule has 6 nitrogen and oxygen atoms in total. The predicted octanol–water partition coefficient (Wildman–Crippen LogP) is -0.200. The number of nitrogens with two attached hydrogens (primary N) is 1. The summed E-state index contributed by atoms with van der Waals surface area (Å²) < 4.78 is 9.05. The fourth-order valence-electron chi connectivity index (χ4n) is 1.00. The molecule has 0 saturated carbocycles. The Morgan fingerprint density at radius 3 is 2.21 bits per heavy atom. The summed E-state index contributed by atoms with van der Waals surface area (Å²) in [5.41, 5.74) is 5.30. The molecule has 78 valence electrons. The van der Waals surface area contributed by atoms with Crippen molar-refractivity contribution in [2.24, 2.45) is 5.73 Å². The largest absolute Gasteiger partial charge is 0.524 e. The molecule has 0 radical (unpaired) electrons. The van der Waals surface area contributed by atoms with Gasteiger partial charge in [-0.15, -0.1) is 0 Å². The van der Waals surface area contributed by atoms with Crippen LogP contribution in [0.15, 0.2) is 11.5 Å². The zero-order chi connectivity index (χ0) is 10.9. The van der Waals surface area contributed by atoms with E-state index in [9.17, 15) is 9.59 Å². The van der Waals surface area contributed by atoms with Gasteiger partial charge < -0.3 is 20.1 Å². The van der Waals surface area contributed by atoms with Crippen LogP contribution >= 0.6 is 0 Å². The molecule has 0 spiro atoms. The first-order valence-corrected chi connectivity index (χ1v) is 4.03. The maximum atomic E-state index is 11.1. The first-order chi connectivity index (χ1) is 6.43. The molecule has 0 aromatic heterocycles. The molecule has 0 aromatic carbocycles. The van der Waals surface area contributed by atoms with Crippen LogP contribution in [0.25, 0.3) is 0 Å². The third-order valence-corrected chi connectivity index (χ3v) is 2.03. The van der Waals surface area contributed by atoms with Gasteiger partial charge in [0.25, 0.3) is 5.91 Å². The molecule has 0 aliphatic carbocycles. The van der Waals surface area contributed by atoms with Gasteiger partial charge in [0.1, 0.15) is 5.57 Å². The Hall–Kier alpha value is -1.56. The second-order valence-corrected chi connectivity index (χ2v) is 3.16. The summed E-state index contributed by atoms with van der Waals surface area (Å²) in [4.78, 5) is 23.2. The Balaban J connectivity index is 2.91. The van der Waals surface area contributed by atoms with Crippen LogP contribution in [0.4, 0.5) is 4.79 Å². The normalized spacial score (nSPS) is 16.9. The number of nitrogens with zero attached hydrogens (tertiary/aromatic N) is 1. The number of amides is 1. The van der Waals surface area contributed by atoms with E-state index in [4.69, 9.17) is 5.73 Å². The Kier molecular flexibility index (Phi) is 2.76. The molecule has 1 atom stereocenters. The van der Waals surface area contributed by atoms with E-state index in [1.54, 1.807) is 25.9 Å². The van der Waals surface area contributed by atoms with Gasteiger partial charge in [-0.1, -0.05) is 0 Å². The molecule has 1 aliphatic rings. The molecule has 1 heterocycles. The van der Waals surface area contributed by atoms with E-state index in [1.165, 1.54) is 0 Å². The molecule has 1 aliphatic heterocycles. The van der Waals surface area contributed by atoms with Crippen molar-refractivity contribution in [2.45, 2.75) is 13.0 Å². The standard InChI is InChI=1S/C8H12N2O4/c1-4(10(2)3)5(6(9)11)7-13-8(12)14-7/h4H,1-3H3,(H2,9,11). The average Bonchev–Trinajstić information content (AvgIpc) is 2.00. The summed E-state index contributed by atoms with van der Waals surface area (Å²) in [7, 11) is 3.54. The van der Waals surface area contributed by atoms with Crippen molar-refractivity contribution in [3.63, 3.8) is 0 Å². The van der Waals surface area contributed by atoms with Crippen molar-refractivity contribution in [3.05, 3.63) is 11.5 Å². The topological polar surface area (TPSA) is 81.9 Å². The number of carbonyl (C=O) groups is 2. The summed E-state index contributed by atoms with van der Waals surface area (Å²) in [5.74, 6) is -0.752. The highest BCUT2D eigenvalue weighted by Crippen LogP contribution is 2.22. The number of rotatable bonds is 3. The molecule has 2 N–H and O–H groups in total. The van der Waals surface area contributed by atoms with E-state index >= 15 is 0 Å². The highest BCUT2D eigenvalue weighted by molar-refractivity contribution is 5.94. The van der Waals surface area contributed by atoms with Gasteiger partial charge in [0.15, 0.2) is 0 Å². The Labute approximate surface area is 81.2 Å². The van der Waals surface area contributed by atoms with E-state index in [2.05, 4.69) is 9.47 Å². The molecule has 14 heavy (non-hydrogen) atoms. The SMILES string of the molecule is CC(C(C(N)=O)=C1OC(=O)O1)N(C)C.